The number of hydrogen-bond donors (Lipinski definition) is 1. The summed E-state index contributed by atoms with van der Waals surface area (Å²) in [4.78, 5) is 17.2. The summed E-state index contributed by atoms with van der Waals surface area (Å²) in [7, 11) is 0. The third-order valence-corrected chi connectivity index (χ3v) is 2.35. The molecule has 2 rings (SSSR count). The molecule has 2 aromatic rings. The molecule has 0 radical (unpaired) electrons. The summed E-state index contributed by atoms with van der Waals surface area (Å²) in [5.74, 6) is 0.929. The van der Waals surface area contributed by atoms with Crippen molar-refractivity contribution in [1.29, 1.82) is 0 Å². The van der Waals surface area contributed by atoms with Crippen LogP contribution in [0.4, 0.5) is 5.69 Å². The Hall–Kier alpha value is -2.17. The third kappa shape index (κ3) is 2.44. The van der Waals surface area contributed by atoms with Crippen molar-refractivity contribution in [2.24, 2.45) is 0 Å². The van der Waals surface area contributed by atoms with Gasteiger partial charge in [-0.3, -0.25) is 10.1 Å². The first-order chi connectivity index (χ1) is 7.75. The number of nitro groups is 1. The fraction of sp³-hybridized carbons (Fsp3) is 0.182. The second-order valence-electron chi connectivity index (χ2n) is 3.46. The summed E-state index contributed by atoms with van der Waals surface area (Å²) in [5.41, 5.74) is 1.20. The summed E-state index contributed by atoms with van der Waals surface area (Å²) >= 11 is 0. The average Bonchev–Trinajstić information content (AvgIpc) is 2.80. The van der Waals surface area contributed by atoms with Crippen LogP contribution < -0.4 is 0 Å². The van der Waals surface area contributed by atoms with E-state index in [4.69, 9.17) is 0 Å². The van der Waals surface area contributed by atoms with Crippen molar-refractivity contribution in [1.82, 2.24) is 9.97 Å². The highest BCUT2D eigenvalue weighted by atomic mass is 16.6. The highest BCUT2D eigenvalue weighted by molar-refractivity contribution is 5.33. The molecule has 16 heavy (non-hydrogen) atoms. The number of nitrogens with one attached hydrogen (secondary N) is 1. The van der Waals surface area contributed by atoms with Gasteiger partial charge in [-0.2, -0.15) is 0 Å². The smallest absolute Gasteiger partial charge is 0.269 e. The molecule has 0 aliphatic carbocycles. The molecule has 0 saturated carbocycles. The molecule has 0 unspecified atom stereocenters. The van der Waals surface area contributed by atoms with E-state index in [1.54, 1.807) is 24.5 Å². The first-order valence-corrected chi connectivity index (χ1v) is 4.97. The molecular weight excluding hydrogens is 206 g/mol. The number of hydrogen-bond acceptors (Lipinski definition) is 3. The maximum Gasteiger partial charge on any atom is 0.269 e. The van der Waals surface area contributed by atoms with Gasteiger partial charge >= 0.3 is 0 Å². The lowest BCUT2D eigenvalue weighted by Crippen LogP contribution is -1.94. The minimum absolute atomic E-state index is 0.127. The number of aromatic amines is 1. The van der Waals surface area contributed by atoms with Crippen molar-refractivity contribution >= 4 is 5.69 Å². The molecular formula is C11H11N3O2. The van der Waals surface area contributed by atoms with Gasteiger partial charge in [0.2, 0.25) is 0 Å². The zero-order valence-corrected chi connectivity index (χ0v) is 8.59. The number of aryl methyl sites for hydroxylation is 2. The van der Waals surface area contributed by atoms with Crippen molar-refractivity contribution in [3.63, 3.8) is 0 Å². The van der Waals surface area contributed by atoms with Crippen molar-refractivity contribution in [3.05, 3.63) is 58.2 Å². The highest BCUT2D eigenvalue weighted by Crippen LogP contribution is 2.13. The lowest BCUT2D eigenvalue weighted by molar-refractivity contribution is -0.384. The number of H-pyrrole nitrogens is 1. The molecule has 0 fully saturated rings. The van der Waals surface area contributed by atoms with E-state index < -0.39 is 4.92 Å². The van der Waals surface area contributed by atoms with Crippen molar-refractivity contribution in [2.75, 3.05) is 0 Å². The normalized spacial score (nSPS) is 10.2. The maximum atomic E-state index is 10.4. The fourth-order valence-corrected chi connectivity index (χ4v) is 1.48. The van der Waals surface area contributed by atoms with Gasteiger partial charge in [-0.15, -0.1) is 0 Å². The Balaban J connectivity index is 1.98. The Kier molecular flexibility index (Phi) is 2.95. The molecule has 0 saturated heterocycles. The number of benzene rings is 1. The van der Waals surface area contributed by atoms with Gasteiger partial charge < -0.3 is 4.98 Å². The quantitative estimate of drug-likeness (QED) is 0.629. The summed E-state index contributed by atoms with van der Waals surface area (Å²) in [6, 6.07) is 6.61. The molecule has 5 heteroatoms. The molecule has 82 valence electrons. The molecule has 0 spiro atoms. The SMILES string of the molecule is O=[N+]([O-])c1ccc(CCc2ncc[nH]2)cc1. The van der Waals surface area contributed by atoms with E-state index >= 15 is 0 Å². The maximum absolute atomic E-state index is 10.4. The Morgan fingerprint density at radius 3 is 2.56 bits per heavy atom. The predicted molar refractivity (Wildman–Crippen MR) is 59.1 cm³/mol. The molecule has 0 amide bonds. The van der Waals surface area contributed by atoms with Crippen molar-refractivity contribution < 1.29 is 4.92 Å². The topological polar surface area (TPSA) is 71.8 Å². The lowest BCUT2D eigenvalue weighted by atomic mass is 10.1. The van der Waals surface area contributed by atoms with Gasteiger partial charge in [-0.1, -0.05) is 12.1 Å². The molecule has 0 bridgehead atoms. The molecule has 0 aliphatic heterocycles. The van der Waals surface area contributed by atoms with Crippen molar-refractivity contribution in [2.45, 2.75) is 12.8 Å². The minimum atomic E-state index is -0.393. The highest BCUT2D eigenvalue weighted by Gasteiger charge is 2.04. The van der Waals surface area contributed by atoms with Gasteiger partial charge in [0.25, 0.3) is 5.69 Å². The van der Waals surface area contributed by atoms with E-state index in [1.165, 1.54) is 12.1 Å². The van der Waals surface area contributed by atoms with Crippen LogP contribution in [-0.2, 0) is 12.8 Å². The summed E-state index contributed by atoms with van der Waals surface area (Å²) in [6.07, 6.45) is 5.13. The van der Waals surface area contributed by atoms with E-state index in [2.05, 4.69) is 9.97 Å². The second-order valence-corrected chi connectivity index (χ2v) is 3.46. The summed E-state index contributed by atoms with van der Waals surface area (Å²) < 4.78 is 0. The van der Waals surface area contributed by atoms with E-state index in [0.29, 0.717) is 0 Å². The van der Waals surface area contributed by atoms with Crippen LogP contribution in [0.25, 0.3) is 0 Å². The van der Waals surface area contributed by atoms with Gasteiger partial charge in [-0.25, -0.2) is 4.98 Å². The van der Waals surface area contributed by atoms with E-state index in [1.807, 2.05) is 0 Å². The van der Waals surface area contributed by atoms with Crippen LogP contribution >= 0.6 is 0 Å². The Morgan fingerprint density at radius 2 is 2.00 bits per heavy atom. The number of imidazole rings is 1. The van der Waals surface area contributed by atoms with E-state index in [-0.39, 0.29) is 5.69 Å². The second kappa shape index (κ2) is 4.57. The van der Waals surface area contributed by atoms with Crippen LogP contribution in [0.5, 0.6) is 0 Å². The molecule has 1 N–H and O–H groups in total. The Bertz CT molecular complexity index is 462. The molecule has 1 aromatic carbocycles. The number of aromatic nitrogens is 2. The van der Waals surface area contributed by atoms with Crippen LogP contribution in [0.2, 0.25) is 0 Å². The molecule has 1 aromatic heterocycles. The first kappa shape index (κ1) is 10.4. The standard InChI is InChI=1S/C11H11N3O2/c15-14(16)10-4-1-9(2-5-10)3-6-11-12-7-8-13-11/h1-2,4-5,7-8H,3,6H2,(H,12,13). The van der Waals surface area contributed by atoms with Gasteiger partial charge in [0.15, 0.2) is 0 Å². The van der Waals surface area contributed by atoms with Crippen LogP contribution in [0, 0.1) is 10.1 Å². The van der Waals surface area contributed by atoms with Gasteiger partial charge in [-0.05, 0) is 12.0 Å². The summed E-state index contributed by atoms with van der Waals surface area (Å²) in [5, 5.41) is 10.4. The number of non-ortho nitro benzene ring substituents is 1. The molecule has 0 aliphatic rings. The minimum Gasteiger partial charge on any atom is -0.349 e. The number of nitro benzene ring substituents is 1. The van der Waals surface area contributed by atoms with Crippen molar-refractivity contribution in [3.8, 4) is 0 Å². The largest absolute Gasteiger partial charge is 0.349 e. The number of nitrogens with zero attached hydrogens (tertiary/aromatic N) is 2. The fourth-order valence-electron chi connectivity index (χ4n) is 1.48. The Morgan fingerprint density at radius 1 is 1.25 bits per heavy atom. The molecule has 5 nitrogen and oxygen atoms in total. The van der Waals surface area contributed by atoms with Gasteiger partial charge in [0.05, 0.1) is 4.92 Å². The third-order valence-electron chi connectivity index (χ3n) is 2.35. The summed E-state index contributed by atoms with van der Waals surface area (Å²) in [6.45, 7) is 0. The zero-order chi connectivity index (χ0) is 11.4. The van der Waals surface area contributed by atoms with Crippen LogP contribution in [0.3, 0.4) is 0 Å². The van der Waals surface area contributed by atoms with E-state index in [0.717, 1.165) is 24.2 Å². The first-order valence-electron chi connectivity index (χ1n) is 4.97. The predicted octanol–water partition coefficient (Wildman–Crippen LogP) is 2.10. The van der Waals surface area contributed by atoms with Gasteiger partial charge in [0.1, 0.15) is 5.82 Å². The number of rotatable bonds is 4. The van der Waals surface area contributed by atoms with Crippen LogP contribution in [0.15, 0.2) is 36.7 Å². The average molecular weight is 217 g/mol. The van der Waals surface area contributed by atoms with Crippen LogP contribution in [-0.4, -0.2) is 14.9 Å². The Labute approximate surface area is 92.3 Å². The van der Waals surface area contributed by atoms with E-state index in [9.17, 15) is 10.1 Å². The molecule has 1 heterocycles. The lowest BCUT2D eigenvalue weighted by Gasteiger charge is -1.99. The molecule has 0 atom stereocenters. The zero-order valence-electron chi connectivity index (χ0n) is 8.59. The van der Waals surface area contributed by atoms with Crippen LogP contribution in [0.1, 0.15) is 11.4 Å². The monoisotopic (exact) mass is 217 g/mol. The van der Waals surface area contributed by atoms with Gasteiger partial charge in [0, 0.05) is 30.9 Å².